The maximum atomic E-state index is 5.86. The summed E-state index contributed by atoms with van der Waals surface area (Å²) in [6, 6.07) is 0. The van der Waals surface area contributed by atoms with Crippen LogP contribution in [-0.4, -0.2) is 17.5 Å². The van der Waals surface area contributed by atoms with E-state index in [0.29, 0.717) is 6.10 Å². The fourth-order valence-electron chi connectivity index (χ4n) is 1.97. The molecule has 2 atom stereocenters. The van der Waals surface area contributed by atoms with E-state index in [1.54, 1.807) is 0 Å². The van der Waals surface area contributed by atoms with Crippen LogP contribution in [0.3, 0.4) is 0 Å². The highest BCUT2D eigenvalue weighted by Gasteiger charge is 2.40. The topological polar surface area (TPSA) is 18.5 Å². The van der Waals surface area contributed by atoms with E-state index in [1.807, 2.05) is 6.92 Å². The molecule has 0 aromatic carbocycles. The predicted molar refractivity (Wildman–Crippen MR) is 49.0 cm³/mol. The molecule has 0 amide bonds. The van der Waals surface area contributed by atoms with Gasteiger partial charge in [-0.1, -0.05) is 6.92 Å². The lowest BCUT2D eigenvalue weighted by Crippen LogP contribution is -2.49. The van der Waals surface area contributed by atoms with Gasteiger partial charge in [-0.05, 0) is 34.1 Å². The maximum Gasteiger partial charge on any atom is 0.166 e. The van der Waals surface area contributed by atoms with Crippen molar-refractivity contribution in [3.8, 4) is 0 Å². The molecule has 1 rings (SSSR count). The summed E-state index contributed by atoms with van der Waals surface area (Å²) in [7, 11) is 0. The van der Waals surface area contributed by atoms with Crippen LogP contribution in [0.1, 0.15) is 47.5 Å². The average molecular weight is 172 g/mol. The zero-order valence-corrected chi connectivity index (χ0v) is 8.81. The van der Waals surface area contributed by atoms with E-state index in [4.69, 9.17) is 9.47 Å². The van der Waals surface area contributed by atoms with Crippen molar-refractivity contribution in [2.24, 2.45) is 0 Å². The van der Waals surface area contributed by atoms with Crippen molar-refractivity contribution in [3.63, 3.8) is 0 Å². The summed E-state index contributed by atoms with van der Waals surface area (Å²) in [5.41, 5.74) is -0.0393. The van der Waals surface area contributed by atoms with Crippen molar-refractivity contribution < 1.29 is 9.47 Å². The van der Waals surface area contributed by atoms with Crippen LogP contribution in [0.2, 0.25) is 0 Å². The molecule has 0 aromatic heterocycles. The fourth-order valence-corrected chi connectivity index (χ4v) is 1.97. The van der Waals surface area contributed by atoms with Gasteiger partial charge < -0.3 is 9.47 Å². The largest absolute Gasteiger partial charge is 0.347 e. The zero-order chi connectivity index (χ0) is 9.41. The quantitative estimate of drug-likeness (QED) is 0.605. The smallest absolute Gasteiger partial charge is 0.166 e. The Bertz CT molecular complexity index is 165. The van der Waals surface area contributed by atoms with Gasteiger partial charge in [0.05, 0.1) is 11.7 Å². The van der Waals surface area contributed by atoms with E-state index in [0.717, 1.165) is 12.8 Å². The van der Waals surface area contributed by atoms with Crippen LogP contribution in [0, 0.1) is 0 Å². The van der Waals surface area contributed by atoms with Gasteiger partial charge in [-0.3, -0.25) is 0 Å². The highest BCUT2D eigenvalue weighted by atomic mass is 16.7. The molecule has 0 radical (unpaired) electrons. The van der Waals surface area contributed by atoms with Gasteiger partial charge in [0.2, 0.25) is 0 Å². The van der Waals surface area contributed by atoms with Crippen molar-refractivity contribution in [2.75, 3.05) is 0 Å². The standard InChI is InChI=1S/C10H20O2/c1-6-10(5)11-8(2)7-9(3,4)12-10/h8H,6-7H2,1-5H3/t8-,10-/m0/s1. The molecule has 0 aliphatic carbocycles. The molecular formula is C10H20O2. The summed E-state index contributed by atoms with van der Waals surface area (Å²) >= 11 is 0. The van der Waals surface area contributed by atoms with Crippen LogP contribution < -0.4 is 0 Å². The van der Waals surface area contributed by atoms with Crippen LogP contribution in [-0.2, 0) is 9.47 Å². The Hall–Kier alpha value is -0.0800. The van der Waals surface area contributed by atoms with Gasteiger partial charge in [-0.2, -0.15) is 0 Å². The van der Waals surface area contributed by atoms with Gasteiger partial charge in [0, 0.05) is 6.42 Å². The van der Waals surface area contributed by atoms with E-state index < -0.39 is 0 Å². The molecule has 0 unspecified atom stereocenters. The molecule has 1 saturated heterocycles. The minimum absolute atomic E-state index is 0.0393. The summed E-state index contributed by atoms with van der Waals surface area (Å²) in [4.78, 5) is 0. The average Bonchev–Trinajstić information content (AvgIpc) is 1.82. The van der Waals surface area contributed by atoms with E-state index in [-0.39, 0.29) is 11.4 Å². The monoisotopic (exact) mass is 172 g/mol. The highest BCUT2D eigenvalue weighted by molar-refractivity contribution is 4.82. The molecule has 0 bridgehead atoms. The highest BCUT2D eigenvalue weighted by Crippen LogP contribution is 2.35. The Morgan fingerprint density at radius 2 is 1.92 bits per heavy atom. The lowest BCUT2D eigenvalue weighted by Gasteiger charge is -2.45. The Morgan fingerprint density at radius 3 is 2.33 bits per heavy atom. The summed E-state index contributed by atoms with van der Waals surface area (Å²) < 4.78 is 11.6. The van der Waals surface area contributed by atoms with Crippen molar-refractivity contribution in [1.82, 2.24) is 0 Å². The van der Waals surface area contributed by atoms with E-state index in [9.17, 15) is 0 Å². The third-order valence-corrected chi connectivity index (χ3v) is 2.36. The minimum Gasteiger partial charge on any atom is -0.347 e. The lowest BCUT2D eigenvalue weighted by atomic mass is 9.98. The second-order valence-corrected chi connectivity index (χ2v) is 4.48. The second-order valence-electron chi connectivity index (χ2n) is 4.48. The van der Waals surface area contributed by atoms with Gasteiger partial charge in [0.1, 0.15) is 0 Å². The number of ether oxygens (including phenoxy) is 2. The first-order chi connectivity index (χ1) is 5.37. The lowest BCUT2D eigenvalue weighted by molar-refractivity contribution is -0.331. The van der Waals surface area contributed by atoms with Crippen LogP contribution in [0.4, 0.5) is 0 Å². The van der Waals surface area contributed by atoms with Crippen LogP contribution in [0.5, 0.6) is 0 Å². The van der Waals surface area contributed by atoms with Gasteiger partial charge in [-0.15, -0.1) is 0 Å². The third kappa shape index (κ3) is 2.20. The number of hydrogen-bond acceptors (Lipinski definition) is 2. The van der Waals surface area contributed by atoms with Crippen molar-refractivity contribution >= 4 is 0 Å². The van der Waals surface area contributed by atoms with Gasteiger partial charge in [-0.25, -0.2) is 0 Å². The molecule has 0 spiro atoms. The van der Waals surface area contributed by atoms with Crippen molar-refractivity contribution in [3.05, 3.63) is 0 Å². The SMILES string of the molecule is CC[C@@]1(C)O[C@@H](C)CC(C)(C)O1. The summed E-state index contributed by atoms with van der Waals surface area (Å²) in [6.45, 7) is 10.5. The molecule has 1 heterocycles. The number of hydrogen-bond donors (Lipinski definition) is 0. The fraction of sp³-hybridized carbons (Fsp3) is 1.00. The number of rotatable bonds is 1. The Balaban J connectivity index is 2.70. The Labute approximate surface area is 75.2 Å². The minimum atomic E-state index is -0.374. The van der Waals surface area contributed by atoms with E-state index in [1.165, 1.54) is 0 Å². The van der Waals surface area contributed by atoms with Crippen LogP contribution in [0.25, 0.3) is 0 Å². The molecule has 0 aromatic rings. The molecule has 1 aliphatic rings. The summed E-state index contributed by atoms with van der Waals surface area (Å²) in [5, 5.41) is 0. The molecule has 1 fully saturated rings. The van der Waals surface area contributed by atoms with Crippen molar-refractivity contribution in [2.45, 2.75) is 65.0 Å². The zero-order valence-electron chi connectivity index (χ0n) is 8.81. The molecule has 2 heteroatoms. The first-order valence-corrected chi connectivity index (χ1v) is 4.75. The maximum absolute atomic E-state index is 5.86. The predicted octanol–water partition coefficient (Wildman–Crippen LogP) is 2.72. The van der Waals surface area contributed by atoms with Gasteiger partial charge >= 0.3 is 0 Å². The second kappa shape index (κ2) is 3.00. The van der Waals surface area contributed by atoms with Crippen LogP contribution >= 0.6 is 0 Å². The summed E-state index contributed by atoms with van der Waals surface area (Å²) in [5.74, 6) is -0.374. The first-order valence-electron chi connectivity index (χ1n) is 4.75. The van der Waals surface area contributed by atoms with Crippen molar-refractivity contribution in [1.29, 1.82) is 0 Å². The molecule has 72 valence electrons. The van der Waals surface area contributed by atoms with E-state index in [2.05, 4.69) is 27.7 Å². The molecule has 0 saturated carbocycles. The van der Waals surface area contributed by atoms with Crippen LogP contribution in [0.15, 0.2) is 0 Å². The Morgan fingerprint density at radius 1 is 1.33 bits per heavy atom. The Kier molecular flexibility index (Phi) is 2.50. The summed E-state index contributed by atoms with van der Waals surface area (Å²) in [6.07, 6.45) is 2.18. The third-order valence-electron chi connectivity index (χ3n) is 2.36. The first kappa shape index (κ1) is 10.0. The molecule has 0 N–H and O–H groups in total. The van der Waals surface area contributed by atoms with E-state index >= 15 is 0 Å². The normalized spacial score (nSPS) is 41.2. The van der Waals surface area contributed by atoms with Gasteiger partial charge in [0.15, 0.2) is 5.79 Å². The molecular weight excluding hydrogens is 152 g/mol. The van der Waals surface area contributed by atoms with Gasteiger partial charge in [0.25, 0.3) is 0 Å². The molecule has 2 nitrogen and oxygen atoms in total. The molecule has 12 heavy (non-hydrogen) atoms. The molecule has 1 aliphatic heterocycles.